The number of benzene rings is 5. The summed E-state index contributed by atoms with van der Waals surface area (Å²) in [7, 11) is 0. The second-order valence-electron chi connectivity index (χ2n) is 8.63. The minimum Gasteiger partial charge on any atom is -0.462 e. The van der Waals surface area contributed by atoms with Crippen molar-refractivity contribution >= 4 is 55.5 Å². The average Bonchev–Trinajstić information content (AvgIpc) is 2.86. The Morgan fingerprint density at radius 3 is 1.97 bits per heavy atom. The zero-order chi connectivity index (χ0) is 24.2. The second-order valence-corrected chi connectivity index (χ2v) is 8.63. The van der Waals surface area contributed by atoms with Crippen LogP contribution in [0.3, 0.4) is 0 Å². The van der Waals surface area contributed by atoms with Gasteiger partial charge in [-0.05, 0) is 67.1 Å². The molecule has 4 heteroatoms. The summed E-state index contributed by atoms with van der Waals surface area (Å²) in [6.07, 6.45) is 2.07. The first-order valence-corrected chi connectivity index (χ1v) is 11.5. The Balaban J connectivity index is 0.000000499. The zero-order valence-electron chi connectivity index (χ0n) is 19.8. The van der Waals surface area contributed by atoms with Gasteiger partial charge in [-0.1, -0.05) is 81.9 Å². The van der Waals surface area contributed by atoms with Gasteiger partial charge >= 0.3 is 5.97 Å². The number of hydrogen-bond donors (Lipinski definition) is 0. The Morgan fingerprint density at radius 1 is 0.853 bits per heavy atom. The number of carbonyl (C=O) groups excluding carboxylic acids is 2. The number of aryl methyl sites for hydroxylation is 1. The van der Waals surface area contributed by atoms with E-state index in [9.17, 15) is 4.79 Å². The molecule has 5 rings (SSSR count). The molecular formula is C30H28O4. The third-order valence-corrected chi connectivity index (χ3v) is 6.05. The average molecular weight is 453 g/mol. The molecule has 34 heavy (non-hydrogen) atoms. The van der Waals surface area contributed by atoms with Crippen molar-refractivity contribution in [3.8, 4) is 0 Å². The van der Waals surface area contributed by atoms with Gasteiger partial charge in [0, 0.05) is 0 Å². The zero-order valence-corrected chi connectivity index (χ0v) is 19.8. The van der Waals surface area contributed by atoms with Crippen molar-refractivity contribution in [3.05, 3.63) is 84.6 Å². The third-order valence-electron chi connectivity index (χ3n) is 6.05. The van der Waals surface area contributed by atoms with Gasteiger partial charge in [0.2, 0.25) is 0 Å². The van der Waals surface area contributed by atoms with Crippen molar-refractivity contribution in [2.45, 2.75) is 27.2 Å². The molecule has 0 amide bonds. The van der Waals surface area contributed by atoms with Crippen LogP contribution < -0.4 is 0 Å². The highest BCUT2D eigenvalue weighted by Crippen LogP contribution is 2.41. The van der Waals surface area contributed by atoms with Crippen LogP contribution in [0.1, 0.15) is 36.7 Å². The number of carbonyl (C=O) groups is 2. The van der Waals surface area contributed by atoms with E-state index in [4.69, 9.17) is 9.53 Å². The normalized spacial score (nSPS) is 11.1. The number of rotatable bonds is 6. The van der Waals surface area contributed by atoms with Crippen LogP contribution in [-0.2, 0) is 20.7 Å². The second kappa shape index (κ2) is 9.92. The van der Waals surface area contributed by atoms with Gasteiger partial charge in [-0.25, -0.2) is 4.79 Å². The summed E-state index contributed by atoms with van der Waals surface area (Å²) in [6, 6.07) is 21.3. The fraction of sp³-hybridized carbons (Fsp3) is 0.200. The summed E-state index contributed by atoms with van der Waals surface area (Å²) < 4.78 is 9.46. The van der Waals surface area contributed by atoms with E-state index in [1.54, 1.807) is 0 Å². The number of fused-ring (bicyclic) bond motifs is 2. The van der Waals surface area contributed by atoms with Crippen molar-refractivity contribution < 1.29 is 19.1 Å². The molecule has 0 saturated carbocycles. The minimum atomic E-state index is -0.243. The molecule has 0 unspecified atom stereocenters. The van der Waals surface area contributed by atoms with Crippen LogP contribution in [0.15, 0.2) is 73.5 Å². The quantitative estimate of drug-likeness (QED) is 0.0884. The SMILES string of the molecule is C=COC=O.CCc1ccc2c3cccc4c(C(=O)OCC(C)C)ccc(c5cccc1c25)c43. The molecule has 0 bridgehead atoms. The lowest BCUT2D eigenvalue weighted by Crippen LogP contribution is -2.10. The van der Waals surface area contributed by atoms with Crippen molar-refractivity contribution in [1.82, 2.24) is 0 Å². The summed E-state index contributed by atoms with van der Waals surface area (Å²) in [4.78, 5) is 21.9. The lowest BCUT2D eigenvalue weighted by molar-refractivity contribution is -0.123. The molecule has 0 atom stereocenters. The van der Waals surface area contributed by atoms with E-state index in [1.165, 1.54) is 37.9 Å². The molecule has 0 aliphatic rings. The number of esters is 1. The van der Waals surface area contributed by atoms with E-state index in [0.29, 0.717) is 24.6 Å². The highest BCUT2D eigenvalue weighted by Gasteiger charge is 2.18. The summed E-state index contributed by atoms with van der Waals surface area (Å²) in [5, 5.41) is 9.65. The van der Waals surface area contributed by atoms with E-state index < -0.39 is 0 Å². The Kier molecular flexibility index (Phi) is 6.78. The summed E-state index contributed by atoms with van der Waals surface area (Å²) in [6.45, 7) is 10.1. The molecule has 0 aliphatic heterocycles. The van der Waals surface area contributed by atoms with E-state index >= 15 is 0 Å². The largest absolute Gasteiger partial charge is 0.462 e. The molecule has 0 radical (unpaired) electrons. The van der Waals surface area contributed by atoms with Crippen LogP contribution in [0, 0.1) is 5.92 Å². The molecule has 172 valence electrons. The standard InChI is InChI=1S/C27H24O2.C3H4O2/c1-4-17-11-12-22-20-9-6-10-21-24(27(28)29-15-16(2)3)14-13-23(26(20)21)19-8-5-7-18(17)25(19)22;1-2-5-3-4/h5-14,16H,4,15H2,1-3H3;2-3H,1H2. The van der Waals surface area contributed by atoms with Gasteiger partial charge < -0.3 is 9.47 Å². The summed E-state index contributed by atoms with van der Waals surface area (Å²) in [5.41, 5.74) is 2.02. The maximum atomic E-state index is 12.8. The van der Waals surface area contributed by atoms with Crippen molar-refractivity contribution in [1.29, 1.82) is 0 Å². The smallest absolute Gasteiger partial charge is 0.338 e. The lowest BCUT2D eigenvalue weighted by atomic mass is 9.87. The molecule has 0 aliphatic carbocycles. The van der Waals surface area contributed by atoms with E-state index in [2.05, 4.69) is 60.7 Å². The van der Waals surface area contributed by atoms with E-state index in [1.807, 2.05) is 32.0 Å². The highest BCUT2D eigenvalue weighted by atomic mass is 16.5. The van der Waals surface area contributed by atoms with Crippen LogP contribution in [0.4, 0.5) is 0 Å². The Morgan fingerprint density at radius 2 is 1.41 bits per heavy atom. The Hall–Kier alpha value is -3.92. The molecule has 0 heterocycles. The first-order valence-electron chi connectivity index (χ1n) is 11.5. The fourth-order valence-electron chi connectivity index (χ4n) is 4.62. The van der Waals surface area contributed by atoms with Gasteiger partial charge in [-0.2, -0.15) is 0 Å². The van der Waals surface area contributed by atoms with Gasteiger partial charge in [-0.3, -0.25) is 4.79 Å². The molecule has 0 spiro atoms. The maximum absolute atomic E-state index is 12.8. The monoisotopic (exact) mass is 452 g/mol. The molecular weight excluding hydrogens is 424 g/mol. The third kappa shape index (κ3) is 4.08. The minimum absolute atomic E-state index is 0.243. The van der Waals surface area contributed by atoms with E-state index in [0.717, 1.165) is 23.5 Å². The van der Waals surface area contributed by atoms with Gasteiger partial charge in [0.25, 0.3) is 6.47 Å². The number of hydrogen-bond acceptors (Lipinski definition) is 4. The van der Waals surface area contributed by atoms with Crippen LogP contribution >= 0.6 is 0 Å². The van der Waals surface area contributed by atoms with Crippen LogP contribution in [-0.4, -0.2) is 19.0 Å². The predicted octanol–water partition coefficient (Wildman–Crippen LogP) is 7.42. The molecule has 0 saturated heterocycles. The van der Waals surface area contributed by atoms with Gasteiger partial charge in [0.1, 0.15) is 0 Å². The number of ether oxygens (including phenoxy) is 2. The maximum Gasteiger partial charge on any atom is 0.338 e. The molecule has 4 nitrogen and oxygen atoms in total. The van der Waals surface area contributed by atoms with Crippen molar-refractivity contribution in [2.24, 2.45) is 5.92 Å². The molecule has 0 N–H and O–H groups in total. The highest BCUT2D eigenvalue weighted by molar-refractivity contribution is 6.34. The topological polar surface area (TPSA) is 52.6 Å². The van der Waals surface area contributed by atoms with Crippen LogP contribution in [0.5, 0.6) is 0 Å². The van der Waals surface area contributed by atoms with Crippen LogP contribution in [0.25, 0.3) is 43.1 Å². The molecule has 5 aromatic rings. The molecule has 0 aromatic heterocycles. The Bertz CT molecular complexity index is 1470. The van der Waals surface area contributed by atoms with Crippen LogP contribution in [0.2, 0.25) is 0 Å². The first-order chi connectivity index (χ1) is 16.5. The van der Waals surface area contributed by atoms with Gasteiger partial charge in [0.15, 0.2) is 0 Å². The lowest BCUT2D eigenvalue weighted by Gasteiger charge is -2.17. The van der Waals surface area contributed by atoms with Crippen molar-refractivity contribution in [2.75, 3.05) is 6.61 Å². The van der Waals surface area contributed by atoms with Gasteiger partial charge in [-0.15, -0.1) is 0 Å². The predicted molar refractivity (Wildman–Crippen MR) is 139 cm³/mol. The van der Waals surface area contributed by atoms with Crippen molar-refractivity contribution in [3.63, 3.8) is 0 Å². The molecule has 5 aromatic carbocycles. The Labute approximate surface area is 199 Å². The fourth-order valence-corrected chi connectivity index (χ4v) is 4.62. The van der Waals surface area contributed by atoms with E-state index in [-0.39, 0.29) is 5.97 Å². The summed E-state index contributed by atoms with van der Waals surface area (Å²) >= 11 is 0. The summed E-state index contributed by atoms with van der Waals surface area (Å²) in [5.74, 6) is 0.0731. The molecule has 0 fully saturated rings. The first kappa shape index (κ1) is 23.2. The van der Waals surface area contributed by atoms with Gasteiger partial charge in [0.05, 0.1) is 18.4 Å².